The summed E-state index contributed by atoms with van der Waals surface area (Å²) in [5, 5.41) is 9.04. The van der Waals surface area contributed by atoms with E-state index in [-0.39, 0.29) is 22.5 Å². The van der Waals surface area contributed by atoms with Crippen LogP contribution >= 0.6 is 0 Å². The van der Waals surface area contributed by atoms with E-state index in [1.54, 1.807) is 7.05 Å². The van der Waals surface area contributed by atoms with E-state index in [1.807, 2.05) is 0 Å². The van der Waals surface area contributed by atoms with Crippen LogP contribution in [0.2, 0.25) is 0 Å². The molecule has 1 aromatic carbocycles. The zero-order valence-electron chi connectivity index (χ0n) is 9.42. The van der Waals surface area contributed by atoms with E-state index in [9.17, 15) is 14.0 Å². The average molecular weight is 248 g/mol. The minimum absolute atomic E-state index is 0.0881. The Hall–Kier alpha value is -2.50. The van der Waals surface area contributed by atoms with Crippen LogP contribution in [0.3, 0.4) is 0 Å². The van der Waals surface area contributed by atoms with E-state index in [2.05, 4.69) is 4.98 Å². The second-order valence-electron chi connectivity index (χ2n) is 3.70. The standard InChI is InChI=1S/C12H9FN2O3/c1-15-6-14-11(10(15)5-16)9-4-7(13)2-3-8(9)12(17)18/h2-6H,1H3,(H,17,18). The van der Waals surface area contributed by atoms with Gasteiger partial charge in [-0.3, -0.25) is 4.79 Å². The van der Waals surface area contributed by atoms with Crippen molar-refractivity contribution in [2.24, 2.45) is 7.05 Å². The SMILES string of the molecule is Cn1cnc(-c2cc(F)ccc2C(=O)O)c1C=O. The molecule has 0 fully saturated rings. The number of carboxylic acid groups (broad SMARTS) is 1. The molecule has 0 spiro atoms. The second-order valence-corrected chi connectivity index (χ2v) is 3.70. The van der Waals surface area contributed by atoms with Crippen molar-refractivity contribution in [2.45, 2.75) is 0 Å². The highest BCUT2D eigenvalue weighted by Gasteiger charge is 2.18. The Morgan fingerprint density at radius 2 is 2.22 bits per heavy atom. The van der Waals surface area contributed by atoms with Gasteiger partial charge in [0.05, 0.1) is 17.6 Å². The molecular weight excluding hydrogens is 239 g/mol. The number of aromatic carboxylic acids is 1. The third-order valence-electron chi connectivity index (χ3n) is 2.56. The van der Waals surface area contributed by atoms with Gasteiger partial charge in [0, 0.05) is 12.6 Å². The van der Waals surface area contributed by atoms with Gasteiger partial charge in [0.15, 0.2) is 6.29 Å². The van der Waals surface area contributed by atoms with Gasteiger partial charge >= 0.3 is 5.97 Å². The molecule has 1 aromatic heterocycles. The van der Waals surface area contributed by atoms with Gasteiger partial charge < -0.3 is 9.67 Å². The fourth-order valence-electron chi connectivity index (χ4n) is 1.69. The van der Waals surface area contributed by atoms with Gasteiger partial charge in [0.1, 0.15) is 11.5 Å². The number of halogens is 1. The van der Waals surface area contributed by atoms with Crippen molar-refractivity contribution >= 4 is 12.3 Å². The molecule has 0 unspecified atom stereocenters. The smallest absolute Gasteiger partial charge is 0.336 e. The molecule has 6 heteroatoms. The van der Waals surface area contributed by atoms with Crippen LogP contribution in [0.5, 0.6) is 0 Å². The topological polar surface area (TPSA) is 72.2 Å². The molecule has 0 atom stereocenters. The maximum atomic E-state index is 13.2. The van der Waals surface area contributed by atoms with Crippen LogP contribution in [0.15, 0.2) is 24.5 Å². The van der Waals surface area contributed by atoms with Crippen LogP contribution in [-0.2, 0) is 7.05 Å². The normalized spacial score (nSPS) is 10.3. The number of aryl methyl sites for hydroxylation is 1. The predicted molar refractivity (Wildman–Crippen MR) is 60.9 cm³/mol. The lowest BCUT2D eigenvalue weighted by Gasteiger charge is -2.04. The molecule has 0 aliphatic carbocycles. The summed E-state index contributed by atoms with van der Waals surface area (Å²) in [4.78, 5) is 26.0. The minimum Gasteiger partial charge on any atom is -0.478 e. The molecule has 0 aliphatic heterocycles. The van der Waals surface area contributed by atoms with Crippen molar-refractivity contribution < 1.29 is 19.1 Å². The Morgan fingerprint density at radius 3 is 2.83 bits per heavy atom. The molecule has 1 N–H and O–H groups in total. The van der Waals surface area contributed by atoms with Crippen LogP contribution in [0, 0.1) is 5.82 Å². The van der Waals surface area contributed by atoms with Gasteiger partial charge in [-0.15, -0.1) is 0 Å². The quantitative estimate of drug-likeness (QED) is 0.840. The van der Waals surface area contributed by atoms with Crippen molar-refractivity contribution in [1.82, 2.24) is 9.55 Å². The van der Waals surface area contributed by atoms with Crippen LogP contribution in [0.4, 0.5) is 4.39 Å². The third kappa shape index (κ3) is 1.88. The van der Waals surface area contributed by atoms with E-state index in [1.165, 1.54) is 10.9 Å². The van der Waals surface area contributed by atoms with Gasteiger partial charge in [-0.25, -0.2) is 14.2 Å². The molecule has 0 saturated heterocycles. The Morgan fingerprint density at radius 1 is 1.50 bits per heavy atom. The molecule has 0 bridgehead atoms. The number of hydrogen-bond donors (Lipinski definition) is 1. The lowest BCUT2D eigenvalue weighted by Crippen LogP contribution is -2.02. The zero-order chi connectivity index (χ0) is 13.3. The number of rotatable bonds is 3. The van der Waals surface area contributed by atoms with Gasteiger partial charge in [-0.2, -0.15) is 0 Å². The third-order valence-corrected chi connectivity index (χ3v) is 2.56. The lowest BCUT2D eigenvalue weighted by molar-refractivity contribution is 0.0697. The maximum Gasteiger partial charge on any atom is 0.336 e. The summed E-state index contributed by atoms with van der Waals surface area (Å²) >= 11 is 0. The number of hydrogen-bond acceptors (Lipinski definition) is 3. The van der Waals surface area contributed by atoms with E-state index in [0.717, 1.165) is 18.2 Å². The molecule has 0 radical (unpaired) electrons. The number of carboxylic acids is 1. The first-order valence-corrected chi connectivity index (χ1v) is 5.04. The summed E-state index contributed by atoms with van der Waals surface area (Å²) in [7, 11) is 1.60. The highest BCUT2D eigenvalue weighted by Crippen LogP contribution is 2.25. The van der Waals surface area contributed by atoms with Crippen LogP contribution in [0.25, 0.3) is 11.3 Å². The average Bonchev–Trinajstić information content (AvgIpc) is 2.69. The number of nitrogens with zero attached hydrogens (tertiary/aromatic N) is 2. The number of imidazole rings is 1. The van der Waals surface area contributed by atoms with Gasteiger partial charge in [-0.1, -0.05) is 0 Å². The number of aromatic nitrogens is 2. The summed E-state index contributed by atoms with van der Waals surface area (Å²) in [5.41, 5.74) is 0.343. The van der Waals surface area contributed by atoms with Crippen LogP contribution < -0.4 is 0 Å². The summed E-state index contributed by atoms with van der Waals surface area (Å²) in [6.45, 7) is 0. The maximum absolute atomic E-state index is 13.2. The summed E-state index contributed by atoms with van der Waals surface area (Å²) < 4.78 is 14.7. The largest absolute Gasteiger partial charge is 0.478 e. The fourth-order valence-corrected chi connectivity index (χ4v) is 1.69. The molecule has 0 saturated carbocycles. The Labute approximate surface area is 102 Å². The van der Waals surface area contributed by atoms with Crippen molar-refractivity contribution in [2.75, 3.05) is 0 Å². The first-order chi connectivity index (χ1) is 8.54. The van der Waals surface area contributed by atoms with E-state index < -0.39 is 11.8 Å². The monoisotopic (exact) mass is 248 g/mol. The fraction of sp³-hybridized carbons (Fsp3) is 0.0833. The van der Waals surface area contributed by atoms with Crippen molar-refractivity contribution in [3.63, 3.8) is 0 Å². The molecule has 2 rings (SSSR count). The van der Waals surface area contributed by atoms with Gasteiger partial charge in [-0.05, 0) is 18.2 Å². The highest BCUT2D eigenvalue weighted by atomic mass is 19.1. The summed E-state index contributed by atoms with van der Waals surface area (Å²) in [5.74, 6) is -1.79. The molecule has 18 heavy (non-hydrogen) atoms. The van der Waals surface area contributed by atoms with Crippen LogP contribution in [-0.4, -0.2) is 26.9 Å². The second kappa shape index (κ2) is 4.40. The number of carbonyl (C=O) groups excluding carboxylic acids is 1. The van der Waals surface area contributed by atoms with Gasteiger partial charge in [0.2, 0.25) is 0 Å². The van der Waals surface area contributed by atoms with Crippen molar-refractivity contribution in [1.29, 1.82) is 0 Å². The first kappa shape index (κ1) is 12.0. The Balaban J connectivity index is 2.73. The Kier molecular flexibility index (Phi) is 2.93. The summed E-state index contributed by atoms with van der Waals surface area (Å²) in [6.07, 6.45) is 1.93. The minimum atomic E-state index is -1.20. The molecular formula is C12H9FN2O3. The van der Waals surface area contributed by atoms with Crippen molar-refractivity contribution in [3.8, 4) is 11.3 Å². The van der Waals surface area contributed by atoms with Gasteiger partial charge in [0.25, 0.3) is 0 Å². The van der Waals surface area contributed by atoms with E-state index in [0.29, 0.717) is 6.29 Å². The number of benzene rings is 1. The zero-order valence-corrected chi connectivity index (χ0v) is 9.42. The molecule has 0 amide bonds. The van der Waals surface area contributed by atoms with Crippen molar-refractivity contribution in [3.05, 3.63) is 41.6 Å². The lowest BCUT2D eigenvalue weighted by atomic mass is 10.0. The molecule has 5 nitrogen and oxygen atoms in total. The van der Waals surface area contributed by atoms with E-state index in [4.69, 9.17) is 5.11 Å². The first-order valence-electron chi connectivity index (χ1n) is 5.04. The number of carbonyl (C=O) groups is 2. The Bertz CT molecular complexity index is 634. The predicted octanol–water partition coefficient (Wildman–Crippen LogP) is 1.74. The number of aldehydes is 1. The molecule has 0 aliphatic rings. The molecule has 1 heterocycles. The summed E-state index contributed by atoms with van der Waals surface area (Å²) in [6, 6.07) is 3.26. The van der Waals surface area contributed by atoms with Crippen LogP contribution in [0.1, 0.15) is 20.8 Å². The molecule has 2 aromatic rings. The van der Waals surface area contributed by atoms with E-state index >= 15 is 0 Å². The molecule has 92 valence electrons. The highest BCUT2D eigenvalue weighted by molar-refractivity contribution is 5.97.